The van der Waals surface area contributed by atoms with E-state index in [4.69, 9.17) is 10.8 Å². The monoisotopic (exact) mass is 295 g/mol. The number of hydrogen-bond acceptors (Lipinski definition) is 5. The lowest BCUT2D eigenvalue weighted by Crippen LogP contribution is -2.45. The van der Waals surface area contributed by atoms with E-state index in [-0.39, 0.29) is 12.5 Å². The Labute approximate surface area is 121 Å². The molecule has 1 aromatic rings. The van der Waals surface area contributed by atoms with Gasteiger partial charge in [0, 0.05) is 29.8 Å². The van der Waals surface area contributed by atoms with Gasteiger partial charge in [0.1, 0.15) is 5.82 Å². The van der Waals surface area contributed by atoms with E-state index in [0.29, 0.717) is 23.7 Å². The Morgan fingerprint density at radius 1 is 1.55 bits per heavy atom. The molecule has 3 N–H and O–H groups in total. The number of nitrogens with zero attached hydrogens (tertiary/aromatic N) is 2. The molecule has 0 bridgehead atoms. The van der Waals surface area contributed by atoms with E-state index in [1.807, 2.05) is 11.8 Å². The minimum Gasteiger partial charge on any atom is -0.481 e. The largest absolute Gasteiger partial charge is 0.481 e. The molecule has 1 saturated heterocycles. The highest BCUT2D eigenvalue weighted by molar-refractivity contribution is 7.99. The Kier molecular flexibility index (Phi) is 4.49. The van der Waals surface area contributed by atoms with Gasteiger partial charge in [-0.15, -0.1) is 0 Å². The van der Waals surface area contributed by atoms with Crippen LogP contribution in [-0.4, -0.2) is 46.1 Å². The number of thioether (sulfide) groups is 1. The van der Waals surface area contributed by atoms with Gasteiger partial charge < -0.3 is 15.7 Å². The molecule has 0 radical (unpaired) electrons. The quantitative estimate of drug-likeness (QED) is 0.856. The third kappa shape index (κ3) is 3.22. The van der Waals surface area contributed by atoms with Crippen LogP contribution in [0.5, 0.6) is 0 Å². The molecule has 108 valence electrons. The number of rotatable bonds is 4. The number of amides is 1. The maximum Gasteiger partial charge on any atom is 0.305 e. The summed E-state index contributed by atoms with van der Waals surface area (Å²) in [5.74, 6) is 0.698. The molecule has 1 atom stereocenters. The van der Waals surface area contributed by atoms with Crippen molar-refractivity contribution in [3.63, 3.8) is 0 Å². The van der Waals surface area contributed by atoms with Crippen molar-refractivity contribution in [3.8, 4) is 0 Å². The summed E-state index contributed by atoms with van der Waals surface area (Å²) in [5.41, 5.74) is 6.51. The molecule has 0 aromatic carbocycles. The summed E-state index contributed by atoms with van der Waals surface area (Å²) in [6, 6.07) is 3.22. The van der Waals surface area contributed by atoms with Gasteiger partial charge in [-0.25, -0.2) is 4.98 Å². The zero-order chi connectivity index (χ0) is 14.7. The first kappa shape index (κ1) is 14.6. The number of carbonyl (C=O) groups excluding carboxylic acids is 1. The molecular weight excluding hydrogens is 278 g/mol. The number of aromatic nitrogens is 1. The second kappa shape index (κ2) is 6.13. The maximum absolute atomic E-state index is 11.5. The third-order valence-electron chi connectivity index (χ3n) is 3.19. The van der Waals surface area contributed by atoms with Crippen molar-refractivity contribution in [1.82, 2.24) is 4.98 Å². The lowest BCUT2D eigenvalue weighted by atomic mass is 10.1. The van der Waals surface area contributed by atoms with Crippen LogP contribution < -0.4 is 10.6 Å². The number of nitrogens with two attached hydrogens (primary N) is 1. The smallest absolute Gasteiger partial charge is 0.305 e. The lowest BCUT2D eigenvalue weighted by molar-refractivity contribution is -0.137. The van der Waals surface area contributed by atoms with E-state index in [9.17, 15) is 9.59 Å². The van der Waals surface area contributed by atoms with Crippen molar-refractivity contribution in [2.45, 2.75) is 19.4 Å². The van der Waals surface area contributed by atoms with Gasteiger partial charge in [0.2, 0.25) is 0 Å². The van der Waals surface area contributed by atoms with E-state index in [0.717, 1.165) is 11.4 Å². The number of aryl methyl sites for hydroxylation is 1. The standard InChI is InChI=1S/C13H17N3O3S/c1-8-2-3-10(12(14)19)13(15-8)16-4-5-20-7-9(16)6-11(17)18/h2-3,9H,4-7H2,1H3,(H2,14,19)(H,17,18). The van der Waals surface area contributed by atoms with E-state index >= 15 is 0 Å². The Bertz CT molecular complexity index is 536. The molecule has 2 heterocycles. The van der Waals surface area contributed by atoms with Gasteiger partial charge in [0.05, 0.1) is 12.0 Å². The molecule has 1 unspecified atom stereocenters. The predicted molar refractivity (Wildman–Crippen MR) is 78.2 cm³/mol. The molecule has 6 nitrogen and oxygen atoms in total. The van der Waals surface area contributed by atoms with Crippen molar-refractivity contribution in [1.29, 1.82) is 0 Å². The molecule has 1 aliphatic heterocycles. The van der Waals surface area contributed by atoms with Crippen LogP contribution >= 0.6 is 11.8 Å². The van der Waals surface area contributed by atoms with E-state index in [1.54, 1.807) is 23.9 Å². The number of hydrogen-bond donors (Lipinski definition) is 2. The summed E-state index contributed by atoms with van der Waals surface area (Å²) in [5, 5.41) is 9.02. The molecular formula is C13H17N3O3S. The van der Waals surface area contributed by atoms with Crippen LogP contribution in [0.2, 0.25) is 0 Å². The van der Waals surface area contributed by atoms with Crippen molar-refractivity contribution in [3.05, 3.63) is 23.4 Å². The fourth-order valence-corrected chi connectivity index (χ4v) is 3.32. The van der Waals surface area contributed by atoms with E-state index in [2.05, 4.69) is 4.98 Å². The molecule has 2 rings (SSSR count). The van der Waals surface area contributed by atoms with Crippen LogP contribution in [0.1, 0.15) is 22.5 Å². The summed E-state index contributed by atoms with van der Waals surface area (Å²) in [6.45, 7) is 2.50. The Hall–Kier alpha value is -1.76. The van der Waals surface area contributed by atoms with Crippen molar-refractivity contribution >= 4 is 29.5 Å². The highest BCUT2D eigenvalue weighted by Gasteiger charge is 2.28. The zero-order valence-electron chi connectivity index (χ0n) is 11.2. The summed E-state index contributed by atoms with van der Waals surface area (Å²) in [6.07, 6.45) is 0.0286. The summed E-state index contributed by atoms with van der Waals surface area (Å²) in [7, 11) is 0. The molecule has 1 fully saturated rings. The van der Waals surface area contributed by atoms with Gasteiger partial charge in [0.25, 0.3) is 5.91 Å². The maximum atomic E-state index is 11.5. The molecule has 1 aliphatic rings. The average molecular weight is 295 g/mol. The van der Waals surface area contributed by atoms with Gasteiger partial charge in [-0.05, 0) is 19.1 Å². The van der Waals surface area contributed by atoms with Crippen molar-refractivity contribution in [2.24, 2.45) is 5.73 Å². The Morgan fingerprint density at radius 3 is 2.95 bits per heavy atom. The van der Waals surface area contributed by atoms with E-state index in [1.165, 1.54) is 0 Å². The highest BCUT2D eigenvalue weighted by atomic mass is 32.2. The molecule has 0 saturated carbocycles. The minimum atomic E-state index is -0.851. The second-order valence-electron chi connectivity index (χ2n) is 4.71. The summed E-state index contributed by atoms with van der Waals surface area (Å²) < 4.78 is 0. The van der Waals surface area contributed by atoms with Crippen molar-refractivity contribution < 1.29 is 14.7 Å². The highest BCUT2D eigenvalue weighted by Crippen LogP contribution is 2.27. The minimum absolute atomic E-state index is 0.0286. The van der Waals surface area contributed by atoms with Crippen LogP contribution in [0.3, 0.4) is 0 Å². The molecule has 1 aromatic heterocycles. The average Bonchev–Trinajstić information content (AvgIpc) is 2.38. The van der Waals surface area contributed by atoms with Crippen LogP contribution in [0.25, 0.3) is 0 Å². The molecule has 0 aliphatic carbocycles. The molecule has 1 amide bonds. The Morgan fingerprint density at radius 2 is 2.30 bits per heavy atom. The fourth-order valence-electron chi connectivity index (χ4n) is 2.26. The zero-order valence-corrected chi connectivity index (χ0v) is 12.0. The van der Waals surface area contributed by atoms with Gasteiger partial charge in [0.15, 0.2) is 0 Å². The van der Waals surface area contributed by atoms with E-state index < -0.39 is 11.9 Å². The van der Waals surface area contributed by atoms with Gasteiger partial charge in [-0.3, -0.25) is 9.59 Å². The van der Waals surface area contributed by atoms with Crippen LogP contribution in [0, 0.1) is 6.92 Å². The third-order valence-corrected chi connectivity index (χ3v) is 4.28. The van der Waals surface area contributed by atoms with Gasteiger partial charge in [-0.1, -0.05) is 0 Å². The van der Waals surface area contributed by atoms with Crippen LogP contribution in [0.4, 0.5) is 5.82 Å². The summed E-state index contributed by atoms with van der Waals surface area (Å²) in [4.78, 5) is 28.8. The first-order chi connectivity index (χ1) is 9.49. The topological polar surface area (TPSA) is 96.5 Å². The lowest BCUT2D eigenvalue weighted by Gasteiger charge is -2.36. The SMILES string of the molecule is Cc1ccc(C(N)=O)c(N2CCSCC2CC(=O)O)n1. The molecule has 7 heteroatoms. The first-order valence-electron chi connectivity index (χ1n) is 6.32. The number of carboxylic acid groups (broad SMARTS) is 1. The summed E-state index contributed by atoms with van der Waals surface area (Å²) >= 11 is 1.71. The molecule has 20 heavy (non-hydrogen) atoms. The number of pyridine rings is 1. The van der Waals surface area contributed by atoms with Crippen molar-refractivity contribution in [2.75, 3.05) is 23.0 Å². The van der Waals surface area contributed by atoms with Gasteiger partial charge in [-0.2, -0.15) is 11.8 Å². The fraction of sp³-hybridized carbons (Fsp3) is 0.462. The van der Waals surface area contributed by atoms with Crippen LogP contribution in [0.15, 0.2) is 12.1 Å². The normalized spacial score (nSPS) is 18.9. The number of primary amides is 1. The predicted octanol–water partition coefficient (Wildman–Crippen LogP) is 0.885. The van der Waals surface area contributed by atoms with Crippen LogP contribution in [-0.2, 0) is 4.79 Å². The number of carbonyl (C=O) groups is 2. The first-order valence-corrected chi connectivity index (χ1v) is 7.48. The number of aliphatic carboxylic acids is 1. The Balaban J connectivity index is 2.38. The second-order valence-corrected chi connectivity index (χ2v) is 5.86. The molecule has 0 spiro atoms. The number of anilines is 1. The van der Waals surface area contributed by atoms with Gasteiger partial charge >= 0.3 is 5.97 Å². The number of carboxylic acids is 1.